The number of rotatable bonds is 9. The van der Waals surface area contributed by atoms with E-state index in [1.54, 1.807) is 54.7 Å². The normalized spacial score (nSPS) is 18.0. The van der Waals surface area contributed by atoms with Crippen molar-refractivity contribution in [3.8, 4) is 11.5 Å². The van der Waals surface area contributed by atoms with Gasteiger partial charge in [-0.25, -0.2) is 0 Å². The first-order valence-electron chi connectivity index (χ1n) is 15.3. The zero-order valence-electron chi connectivity index (χ0n) is 25.1. The minimum absolute atomic E-state index is 0.00670. The molecule has 0 spiro atoms. The molecule has 0 saturated carbocycles. The van der Waals surface area contributed by atoms with Crippen LogP contribution in [0.1, 0.15) is 58.0 Å². The highest BCUT2D eigenvalue weighted by Gasteiger charge is 2.30. The molecular weight excluding hydrogens is 594 g/mol. The number of carboxylic acid groups (broad SMARTS) is 1. The van der Waals surface area contributed by atoms with E-state index in [0.717, 1.165) is 12.8 Å². The van der Waals surface area contributed by atoms with Gasteiger partial charge >= 0.3 is 5.97 Å². The lowest BCUT2D eigenvalue weighted by Crippen LogP contribution is -2.41. The van der Waals surface area contributed by atoms with Gasteiger partial charge in [0.05, 0.1) is 23.8 Å². The number of ether oxygens (including phenoxy) is 3. The van der Waals surface area contributed by atoms with Crippen LogP contribution in [-0.4, -0.2) is 84.4 Å². The second-order valence-electron chi connectivity index (χ2n) is 11.3. The van der Waals surface area contributed by atoms with Crippen LogP contribution in [0.3, 0.4) is 0 Å². The quantitative estimate of drug-likeness (QED) is 0.321. The molecule has 3 N–H and O–H groups in total. The molecule has 3 aliphatic heterocycles. The number of anilines is 2. The number of amides is 3. The monoisotopic (exact) mass is 629 g/mol. The Hall–Kier alpha value is -5.17. The summed E-state index contributed by atoms with van der Waals surface area (Å²) < 4.78 is 16.4. The van der Waals surface area contributed by atoms with Crippen LogP contribution in [-0.2, 0) is 14.3 Å². The smallest absolute Gasteiger partial charge is 0.305 e. The highest BCUT2D eigenvalue weighted by Crippen LogP contribution is 2.34. The summed E-state index contributed by atoms with van der Waals surface area (Å²) in [7, 11) is 0. The molecule has 2 atom stereocenters. The average molecular weight is 630 g/mol. The Bertz CT molecular complexity index is 1610. The summed E-state index contributed by atoms with van der Waals surface area (Å²) >= 11 is 0. The molecule has 13 heteroatoms. The van der Waals surface area contributed by atoms with E-state index in [0.29, 0.717) is 73.2 Å². The molecule has 2 saturated heterocycles. The lowest BCUT2D eigenvalue weighted by Gasteiger charge is -2.27. The number of carbonyl (C=O) groups is 4. The van der Waals surface area contributed by atoms with Crippen molar-refractivity contribution in [2.45, 2.75) is 37.8 Å². The summed E-state index contributed by atoms with van der Waals surface area (Å²) in [5.41, 5.74) is 2.20. The van der Waals surface area contributed by atoms with Crippen molar-refractivity contribution in [3.05, 3.63) is 77.6 Å². The zero-order chi connectivity index (χ0) is 32.0. The maximum atomic E-state index is 13.5. The number of carboxylic acids is 1. The zero-order valence-corrected chi connectivity index (χ0v) is 25.1. The van der Waals surface area contributed by atoms with Gasteiger partial charge in [0.2, 0.25) is 6.79 Å². The van der Waals surface area contributed by atoms with Crippen LogP contribution in [0.5, 0.6) is 11.5 Å². The molecule has 3 amide bonds. The summed E-state index contributed by atoms with van der Waals surface area (Å²) in [5.74, 6) is -0.983. The van der Waals surface area contributed by atoms with E-state index >= 15 is 0 Å². The molecule has 2 aromatic carbocycles. The molecule has 2 fully saturated rings. The first-order chi connectivity index (χ1) is 22.4. The van der Waals surface area contributed by atoms with Crippen LogP contribution < -0.4 is 25.0 Å². The van der Waals surface area contributed by atoms with E-state index in [9.17, 15) is 24.3 Å². The predicted molar refractivity (Wildman–Crippen MR) is 166 cm³/mol. The Morgan fingerprint density at radius 3 is 2.54 bits per heavy atom. The first-order valence-corrected chi connectivity index (χ1v) is 15.3. The Kier molecular flexibility index (Phi) is 9.29. The van der Waals surface area contributed by atoms with Gasteiger partial charge in [-0.3, -0.25) is 24.2 Å². The summed E-state index contributed by atoms with van der Waals surface area (Å²) in [5, 5.41) is 15.3. The Labute approximate surface area is 265 Å². The van der Waals surface area contributed by atoms with Gasteiger partial charge in [0.25, 0.3) is 17.7 Å². The maximum absolute atomic E-state index is 13.5. The van der Waals surface area contributed by atoms with Gasteiger partial charge < -0.3 is 39.8 Å². The fourth-order valence-electron chi connectivity index (χ4n) is 5.89. The van der Waals surface area contributed by atoms with Gasteiger partial charge in [0.15, 0.2) is 11.5 Å². The standard InChI is InChI=1S/C33H35N5O8/c39-30(40)18-24(23-4-1-10-34-19-23)35-31(41)21-6-8-26(37-11-3-12-38(14-13-37)33(43)28-5-2-15-44-28)25(16-21)36-32(42)22-7-9-27-29(17-22)46-20-45-27/h1,4,6-10,16-17,19,24,28H,2-3,5,11-15,18,20H2,(H,35,41)(H,36,42)(H,39,40). The van der Waals surface area contributed by atoms with E-state index in [2.05, 4.69) is 20.5 Å². The topological polar surface area (TPSA) is 160 Å². The van der Waals surface area contributed by atoms with Crippen molar-refractivity contribution in [1.82, 2.24) is 15.2 Å². The molecule has 0 bridgehead atoms. The SMILES string of the molecule is O=C(O)CC(NC(=O)c1ccc(N2CCCN(C(=O)C3CCCO3)CC2)c(NC(=O)c2ccc3c(c2)OCO3)c1)c1cccnc1. The molecule has 0 radical (unpaired) electrons. The molecule has 13 nitrogen and oxygen atoms in total. The number of aromatic nitrogens is 1. The Morgan fingerprint density at radius 2 is 1.76 bits per heavy atom. The molecule has 6 rings (SSSR count). The fraction of sp³-hybridized carbons (Fsp3) is 0.364. The fourth-order valence-corrected chi connectivity index (χ4v) is 5.89. The summed E-state index contributed by atoms with van der Waals surface area (Å²) in [4.78, 5) is 59.6. The number of pyridine rings is 1. The number of nitrogens with zero attached hydrogens (tertiary/aromatic N) is 3. The number of nitrogens with one attached hydrogen (secondary N) is 2. The van der Waals surface area contributed by atoms with Crippen LogP contribution in [0.25, 0.3) is 0 Å². The van der Waals surface area contributed by atoms with Crippen LogP contribution in [0.15, 0.2) is 60.9 Å². The van der Waals surface area contributed by atoms with E-state index in [1.807, 2.05) is 4.90 Å². The number of hydrogen-bond donors (Lipinski definition) is 3. The minimum Gasteiger partial charge on any atom is -0.481 e. The first kappa shape index (κ1) is 30.8. The van der Waals surface area contributed by atoms with Crippen LogP contribution in [0, 0.1) is 0 Å². The molecule has 0 aliphatic carbocycles. The van der Waals surface area contributed by atoms with E-state index < -0.39 is 29.9 Å². The van der Waals surface area contributed by atoms with Gasteiger partial charge in [-0.15, -0.1) is 0 Å². The third kappa shape index (κ3) is 7.04. The highest BCUT2D eigenvalue weighted by atomic mass is 16.7. The number of hydrogen-bond acceptors (Lipinski definition) is 9. The van der Waals surface area contributed by atoms with Gasteiger partial charge in [-0.1, -0.05) is 6.07 Å². The molecule has 240 valence electrons. The van der Waals surface area contributed by atoms with Crippen molar-refractivity contribution < 1.29 is 38.5 Å². The van der Waals surface area contributed by atoms with Gasteiger partial charge in [0.1, 0.15) is 6.10 Å². The van der Waals surface area contributed by atoms with E-state index in [1.165, 1.54) is 6.20 Å². The van der Waals surface area contributed by atoms with Crippen LogP contribution >= 0.6 is 0 Å². The predicted octanol–water partition coefficient (Wildman–Crippen LogP) is 3.23. The number of benzene rings is 2. The number of carbonyl (C=O) groups excluding carboxylic acids is 3. The molecule has 3 aliphatic rings. The summed E-state index contributed by atoms with van der Waals surface area (Å²) in [6.07, 6.45) is 4.67. The summed E-state index contributed by atoms with van der Waals surface area (Å²) in [6.45, 7) is 2.88. The van der Waals surface area contributed by atoms with Gasteiger partial charge in [0, 0.05) is 56.3 Å². The molecule has 1 aromatic heterocycles. The van der Waals surface area contributed by atoms with Crippen molar-refractivity contribution in [3.63, 3.8) is 0 Å². The molecule has 2 unspecified atom stereocenters. The number of aliphatic carboxylic acids is 1. The van der Waals surface area contributed by atoms with Crippen LogP contribution in [0.2, 0.25) is 0 Å². The summed E-state index contributed by atoms with van der Waals surface area (Å²) in [6, 6.07) is 12.4. The van der Waals surface area contributed by atoms with Crippen LogP contribution in [0.4, 0.5) is 11.4 Å². The number of fused-ring (bicyclic) bond motifs is 1. The minimum atomic E-state index is -1.07. The Morgan fingerprint density at radius 1 is 0.935 bits per heavy atom. The second kappa shape index (κ2) is 13.9. The molecular formula is C33H35N5O8. The maximum Gasteiger partial charge on any atom is 0.305 e. The van der Waals surface area contributed by atoms with Crippen molar-refractivity contribution in [2.24, 2.45) is 0 Å². The lowest BCUT2D eigenvalue weighted by atomic mass is 10.0. The Balaban J connectivity index is 1.26. The molecule has 3 aromatic rings. The van der Waals surface area contributed by atoms with Gasteiger partial charge in [-0.05, 0) is 67.3 Å². The van der Waals surface area contributed by atoms with Crippen molar-refractivity contribution >= 4 is 35.1 Å². The van der Waals surface area contributed by atoms with E-state index in [4.69, 9.17) is 14.2 Å². The largest absolute Gasteiger partial charge is 0.481 e. The lowest BCUT2D eigenvalue weighted by molar-refractivity contribution is -0.140. The highest BCUT2D eigenvalue weighted by molar-refractivity contribution is 6.07. The van der Waals surface area contributed by atoms with Crippen molar-refractivity contribution in [1.29, 1.82) is 0 Å². The average Bonchev–Trinajstić information content (AvgIpc) is 3.72. The van der Waals surface area contributed by atoms with Gasteiger partial charge in [-0.2, -0.15) is 0 Å². The van der Waals surface area contributed by atoms with Crippen molar-refractivity contribution in [2.75, 3.05) is 49.8 Å². The van der Waals surface area contributed by atoms with E-state index in [-0.39, 0.29) is 24.7 Å². The third-order valence-corrected chi connectivity index (χ3v) is 8.27. The second-order valence-corrected chi connectivity index (χ2v) is 11.3. The third-order valence-electron chi connectivity index (χ3n) is 8.27. The molecule has 4 heterocycles. The molecule has 46 heavy (non-hydrogen) atoms.